The summed E-state index contributed by atoms with van der Waals surface area (Å²) in [6.45, 7) is 3.87. The van der Waals surface area contributed by atoms with Gasteiger partial charge in [-0.1, -0.05) is 0 Å². The predicted octanol–water partition coefficient (Wildman–Crippen LogP) is -1.12. The quantitative estimate of drug-likeness (QED) is 0.498. The van der Waals surface area contributed by atoms with Crippen LogP contribution >= 0.6 is 0 Å². The molecule has 2 aliphatic rings. The van der Waals surface area contributed by atoms with E-state index in [9.17, 15) is 14.4 Å². The Labute approximate surface area is 97.8 Å². The number of ether oxygens (including phenoxy) is 1. The van der Waals surface area contributed by atoms with Gasteiger partial charge >= 0.3 is 5.97 Å². The van der Waals surface area contributed by atoms with Gasteiger partial charge in [-0.25, -0.2) is 4.79 Å². The maximum Gasteiger partial charge on any atom is 0.355 e. The molecule has 92 valence electrons. The fourth-order valence-corrected chi connectivity index (χ4v) is 2.03. The molecule has 0 aromatic carbocycles. The molecule has 2 aliphatic heterocycles. The lowest BCUT2D eigenvalue weighted by Crippen LogP contribution is -2.36. The zero-order chi connectivity index (χ0) is 12.6. The maximum atomic E-state index is 11.9. The molecular formula is C10H13N3O4. The van der Waals surface area contributed by atoms with Gasteiger partial charge in [0.1, 0.15) is 12.0 Å². The van der Waals surface area contributed by atoms with E-state index >= 15 is 0 Å². The summed E-state index contributed by atoms with van der Waals surface area (Å²) in [5, 5.41) is 3.73. The minimum atomic E-state index is -0.832. The number of hydrogen-bond acceptors (Lipinski definition) is 6. The van der Waals surface area contributed by atoms with Crippen LogP contribution in [0.25, 0.3) is 0 Å². The van der Waals surface area contributed by atoms with Gasteiger partial charge in [-0.2, -0.15) is 5.10 Å². The first-order chi connectivity index (χ1) is 8.11. The Balaban J connectivity index is 2.23. The maximum absolute atomic E-state index is 11.9. The summed E-state index contributed by atoms with van der Waals surface area (Å²) in [5.74, 6) is -2.21. The summed E-state index contributed by atoms with van der Waals surface area (Å²) >= 11 is 0. The second-order valence-electron chi connectivity index (χ2n) is 3.72. The van der Waals surface area contributed by atoms with Crippen molar-refractivity contribution in [1.29, 1.82) is 0 Å². The summed E-state index contributed by atoms with van der Waals surface area (Å²) in [6.07, 6.45) is 0. The molecule has 2 atom stereocenters. The van der Waals surface area contributed by atoms with Gasteiger partial charge in [0.25, 0.3) is 5.91 Å². The standard InChI is InChI=1S/C10H13N3O4/c1-3-13-8(14)5-6(9(13)15)11-12-7(5)10(16)17-4-2/h5-6,11H,3-4H2,1-2H3/t5-,6-/m0/s1. The molecule has 2 amide bonds. The van der Waals surface area contributed by atoms with Crippen molar-refractivity contribution in [2.75, 3.05) is 13.2 Å². The predicted molar refractivity (Wildman–Crippen MR) is 56.9 cm³/mol. The van der Waals surface area contributed by atoms with Crippen LogP contribution in [0.4, 0.5) is 0 Å². The first-order valence-corrected chi connectivity index (χ1v) is 5.47. The molecule has 0 aromatic heterocycles. The molecule has 0 saturated carbocycles. The summed E-state index contributed by atoms with van der Waals surface area (Å²) in [4.78, 5) is 36.4. The van der Waals surface area contributed by atoms with Crippen molar-refractivity contribution < 1.29 is 19.1 Å². The average Bonchev–Trinajstić information content (AvgIpc) is 2.82. The molecule has 1 N–H and O–H groups in total. The van der Waals surface area contributed by atoms with Crippen LogP contribution in [0.2, 0.25) is 0 Å². The zero-order valence-electron chi connectivity index (χ0n) is 9.60. The number of likely N-dealkylation sites (tertiary alicyclic amines) is 1. The largest absolute Gasteiger partial charge is 0.461 e. The van der Waals surface area contributed by atoms with E-state index in [1.165, 1.54) is 0 Å². The molecule has 2 rings (SSSR count). The van der Waals surface area contributed by atoms with Gasteiger partial charge in [-0.3, -0.25) is 19.9 Å². The van der Waals surface area contributed by atoms with Crippen molar-refractivity contribution in [2.45, 2.75) is 19.9 Å². The Morgan fingerprint density at radius 3 is 2.71 bits per heavy atom. The van der Waals surface area contributed by atoms with E-state index in [0.717, 1.165) is 4.90 Å². The molecule has 1 fully saturated rings. The summed E-state index contributed by atoms with van der Waals surface area (Å²) in [5.41, 5.74) is 2.52. The third kappa shape index (κ3) is 1.58. The third-order valence-corrected chi connectivity index (χ3v) is 2.82. The Morgan fingerprint density at radius 1 is 1.41 bits per heavy atom. The SMILES string of the molecule is CCOC(=O)C1=NN[C@@H]2C(=O)N(CC)C(=O)[C@H]12. The molecule has 0 aromatic rings. The molecule has 0 bridgehead atoms. The van der Waals surface area contributed by atoms with Gasteiger partial charge in [0.2, 0.25) is 5.91 Å². The van der Waals surface area contributed by atoms with Crippen LogP contribution in [0.3, 0.4) is 0 Å². The lowest BCUT2D eigenvalue weighted by molar-refractivity contribution is -0.140. The minimum Gasteiger partial charge on any atom is -0.461 e. The van der Waals surface area contributed by atoms with E-state index in [1.54, 1.807) is 13.8 Å². The molecule has 0 aliphatic carbocycles. The van der Waals surface area contributed by atoms with Gasteiger partial charge in [0, 0.05) is 6.54 Å². The van der Waals surface area contributed by atoms with E-state index in [1.807, 2.05) is 0 Å². The normalized spacial score (nSPS) is 26.7. The highest BCUT2D eigenvalue weighted by Crippen LogP contribution is 2.26. The minimum absolute atomic E-state index is 0.00819. The van der Waals surface area contributed by atoms with E-state index in [2.05, 4.69) is 10.5 Å². The molecule has 2 heterocycles. The van der Waals surface area contributed by atoms with Gasteiger partial charge in [0.05, 0.1) is 6.61 Å². The molecule has 7 heteroatoms. The molecular weight excluding hydrogens is 226 g/mol. The summed E-state index contributed by atoms with van der Waals surface area (Å²) < 4.78 is 4.79. The van der Waals surface area contributed by atoms with Crippen LogP contribution in [0, 0.1) is 5.92 Å². The van der Waals surface area contributed by atoms with Crippen molar-refractivity contribution >= 4 is 23.5 Å². The monoisotopic (exact) mass is 239 g/mol. The Kier molecular flexibility index (Phi) is 2.83. The highest BCUT2D eigenvalue weighted by molar-refractivity contribution is 6.43. The number of hydrogen-bond donors (Lipinski definition) is 1. The number of rotatable bonds is 3. The number of carbonyl (C=O) groups excluding carboxylic acids is 3. The number of likely N-dealkylation sites (N-methyl/N-ethyl adjacent to an activating group) is 1. The molecule has 0 unspecified atom stereocenters. The second kappa shape index (κ2) is 4.15. The van der Waals surface area contributed by atoms with Crippen LogP contribution in [-0.2, 0) is 19.1 Å². The second-order valence-corrected chi connectivity index (χ2v) is 3.72. The van der Waals surface area contributed by atoms with Crippen molar-refractivity contribution in [3.05, 3.63) is 0 Å². The fraction of sp³-hybridized carbons (Fsp3) is 0.600. The van der Waals surface area contributed by atoms with Crippen LogP contribution in [0.1, 0.15) is 13.8 Å². The highest BCUT2D eigenvalue weighted by atomic mass is 16.5. The average molecular weight is 239 g/mol. The first kappa shape index (κ1) is 11.6. The summed E-state index contributed by atoms with van der Waals surface area (Å²) in [6, 6.07) is -0.748. The number of amides is 2. The summed E-state index contributed by atoms with van der Waals surface area (Å²) in [7, 11) is 0. The Morgan fingerprint density at radius 2 is 2.12 bits per heavy atom. The lowest BCUT2D eigenvalue weighted by Gasteiger charge is -2.11. The number of fused-ring (bicyclic) bond motifs is 1. The number of nitrogens with one attached hydrogen (secondary N) is 1. The van der Waals surface area contributed by atoms with Crippen LogP contribution in [0.5, 0.6) is 0 Å². The van der Waals surface area contributed by atoms with Gasteiger partial charge in [0.15, 0.2) is 5.71 Å². The number of hydrazone groups is 1. The van der Waals surface area contributed by atoms with E-state index in [4.69, 9.17) is 4.74 Å². The molecule has 7 nitrogen and oxygen atoms in total. The molecule has 1 saturated heterocycles. The van der Waals surface area contributed by atoms with Gasteiger partial charge in [-0.05, 0) is 13.8 Å². The number of imide groups is 1. The Hall–Kier alpha value is -1.92. The molecule has 17 heavy (non-hydrogen) atoms. The van der Waals surface area contributed by atoms with Gasteiger partial charge in [-0.15, -0.1) is 0 Å². The Bertz CT molecular complexity index is 418. The molecule has 0 radical (unpaired) electrons. The number of esters is 1. The number of carbonyl (C=O) groups is 3. The first-order valence-electron chi connectivity index (χ1n) is 5.47. The molecule has 0 spiro atoms. The van der Waals surface area contributed by atoms with E-state index in [-0.39, 0.29) is 24.1 Å². The van der Waals surface area contributed by atoms with Crippen molar-refractivity contribution in [3.8, 4) is 0 Å². The van der Waals surface area contributed by atoms with E-state index in [0.29, 0.717) is 6.54 Å². The van der Waals surface area contributed by atoms with Crippen molar-refractivity contribution in [3.63, 3.8) is 0 Å². The van der Waals surface area contributed by atoms with Crippen LogP contribution < -0.4 is 5.43 Å². The zero-order valence-corrected chi connectivity index (χ0v) is 9.60. The lowest BCUT2D eigenvalue weighted by atomic mass is 9.99. The van der Waals surface area contributed by atoms with Crippen molar-refractivity contribution in [1.82, 2.24) is 10.3 Å². The van der Waals surface area contributed by atoms with Crippen LogP contribution in [-0.4, -0.2) is 47.6 Å². The van der Waals surface area contributed by atoms with E-state index < -0.39 is 17.9 Å². The smallest absolute Gasteiger partial charge is 0.355 e. The topological polar surface area (TPSA) is 88.1 Å². The van der Waals surface area contributed by atoms with Crippen molar-refractivity contribution in [2.24, 2.45) is 11.0 Å². The fourth-order valence-electron chi connectivity index (χ4n) is 2.03. The number of nitrogens with zero attached hydrogens (tertiary/aromatic N) is 2. The highest BCUT2D eigenvalue weighted by Gasteiger charge is 2.54. The van der Waals surface area contributed by atoms with Crippen LogP contribution in [0.15, 0.2) is 5.10 Å². The third-order valence-electron chi connectivity index (χ3n) is 2.82. The van der Waals surface area contributed by atoms with Gasteiger partial charge < -0.3 is 4.74 Å².